The largest absolute Gasteiger partial charge is 0.469 e. The Morgan fingerprint density at radius 1 is 1.44 bits per heavy atom. The van der Waals surface area contributed by atoms with Crippen molar-refractivity contribution >= 4 is 17.7 Å². The number of thioether (sulfide) groups is 1. The van der Waals surface area contributed by atoms with Crippen LogP contribution >= 0.6 is 11.8 Å². The number of unbranched alkanes of at least 4 members (excludes halogenated alkanes) is 1. The Morgan fingerprint density at radius 2 is 2.19 bits per heavy atom. The van der Waals surface area contributed by atoms with Crippen molar-refractivity contribution in [3.8, 4) is 0 Å². The molecule has 0 radical (unpaired) electrons. The molecule has 0 saturated heterocycles. The molecule has 1 unspecified atom stereocenters. The maximum Gasteiger partial charge on any atom is 0.306 e. The van der Waals surface area contributed by atoms with Gasteiger partial charge < -0.3 is 10.1 Å². The normalized spacial score (nSPS) is 12.4. The van der Waals surface area contributed by atoms with Crippen molar-refractivity contribution < 1.29 is 9.53 Å². The first-order valence-corrected chi connectivity index (χ1v) is 7.24. The molecule has 0 amide bonds. The summed E-state index contributed by atoms with van der Waals surface area (Å²) in [6.45, 7) is 5.47. The van der Waals surface area contributed by atoms with E-state index in [9.17, 15) is 4.79 Å². The lowest BCUT2D eigenvalue weighted by Crippen LogP contribution is -2.28. The highest BCUT2D eigenvalue weighted by atomic mass is 32.2. The van der Waals surface area contributed by atoms with Crippen LogP contribution in [0.3, 0.4) is 0 Å². The molecule has 0 aliphatic heterocycles. The first-order valence-electron chi connectivity index (χ1n) is 6.08. The average molecular weight is 247 g/mol. The molecule has 0 bridgehead atoms. The molecule has 0 saturated carbocycles. The Kier molecular flexibility index (Phi) is 11.1. The van der Waals surface area contributed by atoms with Crippen LogP contribution in [0, 0.1) is 0 Å². The van der Waals surface area contributed by atoms with E-state index in [0.29, 0.717) is 12.5 Å². The maximum atomic E-state index is 10.8. The molecule has 0 fully saturated rings. The Labute approximate surface area is 104 Å². The van der Waals surface area contributed by atoms with Crippen LogP contribution < -0.4 is 5.32 Å². The molecule has 0 aliphatic carbocycles. The molecule has 0 aromatic heterocycles. The number of ether oxygens (including phenoxy) is 1. The molecule has 0 aromatic rings. The SMILES string of the molecule is CCCCC(C)NCCSCCC(=O)OC. The molecule has 16 heavy (non-hydrogen) atoms. The topological polar surface area (TPSA) is 38.3 Å². The number of esters is 1. The Hall–Kier alpha value is -0.220. The number of hydrogen-bond acceptors (Lipinski definition) is 4. The lowest BCUT2D eigenvalue weighted by Gasteiger charge is -2.12. The van der Waals surface area contributed by atoms with Crippen LogP contribution in [-0.4, -0.2) is 37.2 Å². The maximum absolute atomic E-state index is 10.8. The molecular weight excluding hydrogens is 222 g/mol. The molecule has 0 spiro atoms. The van der Waals surface area contributed by atoms with Crippen molar-refractivity contribution in [3.05, 3.63) is 0 Å². The van der Waals surface area contributed by atoms with E-state index in [1.807, 2.05) is 0 Å². The third-order valence-corrected chi connectivity index (χ3v) is 3.39. The Bertz CT molecular complexity index is 176. The van der Waals surface area contributed by atoms with Crippen LogP contribution in [0.4, 0.5) is 0 Å². The van der Waals surface area contributed by atoms with Crippen LogP contribution in [0.15, 0.2) is 0 Å². The summed E-state index contributed by atoms with van der Waals surface area (Å²) in [4.78, 5) is 10.8. The number of rotatable bonds is 10. The molecule has 0 heterocycles. The van der Waals surface area contributed by atoms with Gasteiger partial charge >= 0.3 is 5.97 Å². The fraction of sp³-hybridized carbons (Fsp3) is 0.917. The fourth-order valence-corrected chi connectivity index (χ4v) is 2.13. The molecule has 0 aromatic carbocycles. The minimum atomic E-state index is -0.114. The van der Waals surface area contributed by atoms with Crippen molar-refractivity contribution in [3.63, 3.8) is 0 Å². The Morgan fingerprint density at radius 3 is 2.81 bits per heavy atom. The quantitative estimate of drug-likeness (QED) is 0.475. The first kappa shape index (κ1) is 15.8. The zero-order valence-electron chi connectivity index (χ0n) is 10.8. The van der Waals surface area contributed by atoms with Gasteiger partial charge in [0.2, 0.25) is 0 Å². The summed E-state index contributed by atoms with van der Waals surface area (Å²) in [6, 6.07) is 0.612. The van der Waals surface area contributed by atoms with Crippen molar-refractivity contribution in [1.29, 1.82) is 0 Å². The number of methoxy groups -OCH3 is 1. The van der Waals surface area contributed by atoms with Gasteiger partial charge in [0.1, 0.15) is 0 Å². The lowest BCUT2D eigenvalue weighted by atomic mass is 10.1. The number of nitrogens with one attached hydrogen (secondary N) is 1. The predicted molar refractivity (Wildman–Crippen MR) is 70.9 cm³/mol. The molecule has 1 atom stereocenters. The van der Waals surface area contributed by atoms with Crippen molar-refractivity contribution in [2.45, 2.75) is 45.6 Å². The van der Waals surface area contributed by atoms with Crippen LogP contribution in [0.1, 0.15) is 39.5 Å². The molecule has 96 valence electrons. The van der Waals surface area contributed by atoms with E-state index in [2.05, 4.69) is 23.9 Å². The monoisotopic (exact) mass is 247 g/mol. The summed E-state index contributed by atoms with van der Waals surface area (Å²) in [5.74, 6) is 1.81. The van der Waals surface area contributed by atoms with Gasteiger partial charge in [-0.1, -0.05) is 19.8 Å². The summed E-state index contributed by atoms with van der Waals surface area (Å²) >= 11 is 1.80. The van der Waals surface area contributed by atoms with Gasteiger partial charge in [0.05, 0.1) is 13.5 Å². The molecule has 3 nitrogen and oxygen atoms in total. The van der Waals surface area contributed by atoms with E-state index in [4.69, 9.17) is 0 Å². The predicted octanol–water partition coefficient (Wildman–Crippen LogP) is 2.45. The van der Waals surface area contributed by atoms with Gasteiger partial charge in [-0.2, -0.15) is 11.8 Å². The summed E-state index contributed by atoms with van der Waals surface area (Å²) < 4.78 is 4.57. The molecule has 1 N–H and O–H groups in total. The van der Waals surface area contributed by atoms with Gasteiger partial charge in [0.15, 0.2) is 0 Å². The average Bonchev–Trinajstić information content (AvgIpc) is 2.30. The third kappa shape index (κ3) is 10.3. The fourth-order valence-electron chi connectivity index (χ4n) is 1.35. The zero-order valence-corrected chi connectivity index (χ0v) is 11.6. The second kappa shape index (κ2) is 11.3. The van der Waals surface area contributed by atoms with E-state index < -0.39 is 0 Å². The lowest BCUT2D eigenvalue weighted by molar-refractivity contribution is -0.140. The highest BCUT2D eigenvalue weighted by Crippen LogP contribution is 2.03. The van der Waals surface area contributed by atoms with Crippen LogP contribution in [0.2, 0.25) is 0 Å². The van der Waals surface area contributed by atoms with E-state index in [1.54, 1.807) is 11.8 Å². The van der Waals surface area contributed by atoms with E-state index in [0.717, 1.165) is 18.1 Å². The van der Waals surface area contributed by atoms with E-state index in [-0.39, 0.29) is 5.97 Å². The highest BCUT2D eigenvalue weighted by molar-refractivity contribution is 7.99. The molecule has 0 aliphatic rings. The van der Waals surface area contributed by atoms with Crippen LogP contribution in [-0.2, 0) is 9.53 Å². The standard InChI is InChI=1S/C12H25NO2S/c1-4-5-6-11(2)13-8-10-16-9-7-12(14)15-3/h11,13H,4-10H2,1-3H3. The summed E-state index contributed by atoms with van der Waals surface area (Å²) in [5.41, 5.74) is 0. The summed E-state index contributed by atoms with van der Waals surface area (Å²) in [7, 11) is 1.43. The van der Waals surface area contributed by atoms with Crippen molar-refractivity contribution in [2.24, 2.45) is 0 Å². The second-order valence-corrected chi connectivity index (χ2v) is 5.16. The van der Waals surface area contributed by atoms with Crippen LogP contribution in [0.25, 0.3) is 0 Å². The van der Waals surface area contributed by atoms with Gasteiger partial charge in [-0.3, -0.25) is 4.79 Å². The highest BCUT2D eigenvalue weighted by Gasteiger charge is 2.01. The number of carbonyl (C=O) groups is 1. The first-order chi connectivity index (χ1) is 7.70. The van der Waals surface area contributed by atoms with Crippen LogP contribution in [0.5, 0.6) is 0 Å². The van der Waals surface area contributed by atoms with Gasteiger partial charge in [-0.05, 0) is 13.3 Å². The van der Waals surface area contributed by atoms with Crippen molar-refractivity contribution in [1.82, 2.24) is 5.32 Å². The van der Waals surface area contributed by atoms with Gasteiger partial charge in [0.25, 0.3) is 0 Å². The third-order valence-electron chi connectivity index (χ3n) is 2.41. The minimum Gasteiger partial charge on any atom is -0.469 e. The zero-order chi connectivity index (χ0) is 12.2. The number of carbonyl (C=O) groups excluding carboxylic acids is 1. The smallest absolute Gasteiger partial charge is 0.306 e. The van der Waals surface area contributed by atoms with Gasteiger partial charge in [-0.15, -0.1) is 0 Å². The molecular formula is C12H25NO2S. The Balaban J connectivity index is 3.17. The summed E-state index contributed by atoms with van der Waals surface area (Å²) in [6.07, 6.45) is 4.33. The van der Waals surface area contributed by atoms with Gasteiger partial charge in [0, 0.05) is 24.1 Å². The molecule has 4 heteroatoms. The second-order valence-electron chi connectivity index (χ2n) is 3.94. The molecule has 0 rings (SSSR count). The van der Waals surface area contributed by atoms with Crippen molar-refractivity contribution in [2.75, 3.05) is 25.2 Å². The minimum absolute atomic E-state index is 0.114. The van der Waals surface area contributed by atoms with Gasteiger partial charge in [-0.25, -0.2) is 0 Å². The van der Waals surface area contributed by atoms with E-state index >= 15 is 0 Å². The number of hydrogen-bond donors (Lipinski definition) is 1. The summed E-state index contributed by atoms with van der Waals surface area (Å²) in [5, 5.41) is 3.48. The van der Waals surface area contributed by atoms with E-state index in [1.165, 1.54) is 26.4 Å².